The molecule has 1 aliphatic heterocycles. The highest BCUT2D eigenvalue weighted by Crippen LogP contribution is 2.15. The van der Waals surface area contributed by atoms with Crippen LogP contribution in [0.4, 0.5) is 4.39 Å². The number of carbonyl (C=O) groups is 2. The summed E-state index contributed by atoms with van der Waals surface area (Å²) in [6.45, 7) is 2.57. The third-order valence-corrected chi connectivity index (χ3v) is 4.65. The molecule has 1 aromatic carbocycles. The van der Waals surface area contributed by atoms with Gasteiger partial charge in [-0.05, 0) is 45.0 Å². The van der Waals surface area contributed by atoms with Gasteiger partial charge in [0.05, 0.1) is 19.6 Å². The topological polar surface area (TPSA) is 82.1 Å². The van der Waals surface area contributed by atoms with Gasteiger partial charge in [0.1, 0.15) is 18.2 Å². The number of rotatable bonds is 9. The Morgan fingerprint density at radius 1 is 1.37 bits per heavy atom. The van der Waals surface area contributed by atoms with Gasteiger partial charge in [0.25, 0.3) is 0 Å². The number of aliphatic carboxylic acids is 1. The van der Waals surface area contributed by atoms with Gasteiger partial charge < -0.3 is 15.2 Å². The molecule has 0 bridgehead atoms. The number of benzene rings is 1. The van der Waals surface area contributed by atoms with E-state index in [0.29, 0.717) is 18.8 Å². The Morgan fingerprint density at radius 3 is 2.93 bits per heavy atom. The maximum absolute atomic E-state index is 13.1. The molecule has 1 unspecified atom stereocenters. The monoisotopic (exact) mass is 381 g/mol. The molecule has 1 aliphatic rings. The fraction of sp³-hybridized carbons (Fsp3) is 0.579. The Balaban J connectivity index is 1.64. The average Bonchev–Trinajstić information content (AvgIpc) is 2.84. The number of amides is 1. The second-order valence-electron chi connectivity index (χ2n) is 6.83. The summed E-state index contributed by atoms with van der Waals surface area (Å²) in [5, 5.41) is 11.7. The molecular formula is C19H28FN3O4. The zero-order valence-corrected chi connectivity index (χ0v) is 15.7. The number of ether oxygens (including phenoxy) is 1. The summed E-state index contributed by atoms with van der Waals surface area (Å²) in [6, 6.07) is 6.12. The number of hydrogen-bond acceptors (Lipinski definition) is 5. The van der Waals surface area contributed by atoms with Gasteiger partial charge in [-0.25, -0.2) is 4.39 Å². The summed E-state index contributed by atoms with van der Waals surface area (Å²) < 4.78 is 18.4. The summed E-state index contributed by atoms with van der Waals surface area (Å²) in [5.41, 5.74) is 0. The van der Waals surface area contributed by atoms with E-state index in [0.717, 1.165) is 32.4 Å². The highest BCUT2D eigenvalue weighted by atomic mass is 19.1. The Labute approximate surface area is 159 Å². The second-order valence-corrected chi connectivity index (χ2v) is 6.83. The van der Waals surface area contributed by atoms with Crippen molar-refractivity contribution in [3.63, 3.8) is 0 Å². The van der Waals surface area contributed by atoms with Crippen molar-refractivity contribution in [2.45, 2.75) is 25.3 Å². The fourth-order valence-corrected chi connectivity index (χ4v) is 3.25. The second kappa shape index (κ2) is 10.8. The predicted molar refractivity (Wildman–Crippen MR) is 99.2 cm³/mol. The quantitative estimate of drug-likeness (QED) is 0.626. The number of halogens is 1. The van der Waals surface area contributed by atoms with Crippen LogP contribution in [0.3, 0.4) is 0 Å². The Bertz CT molecular complexity index is 629. The molecule has 1 fully saturated rings. The smallest absolute Gasteiger partial charge is 0.317 e. The third-order valence-electron chi connectivity index (χ3n) is 4.65. The average molecular weight is 381 g/mol. The molecule has 7 nitrogen and oxygen atoms in total. The third kappa shape index (κ3) is 7.92. The van der Waals surface area contributed by atoms with E-state index >= 15 is 0 Å². The van der Waals surface area contributed by atoms with Gasteiger partial charge in [0, 0.05) is 18.7 Å². The SMILES string of the molecule is CN(CC(=O)O)C1CCCN(CC(=O)NCCOc2cccc(F)c2)CC1. The van der Waals surface area contributed by atoms with E-state index in [2.05, 4.69) is 10.2 Å². The van der Waals surface area contributed by atoms with Crippen LogP contribution >= 0.6 is 0 Å². The number of nitrogens with zero attached hydrogens (tertiary/aromatic N) is 2. The standard InChI is InChI=1S/C19H28FN3O4/c1-22(14-19(25)26)16-5-3-9-23(10-7-16)13-18(24)21-8-11-27-17-6-2-4-15(20)12-17/h2,4,6,12,16H,3,5,7-11,13-14H2,1H3,(H,21,24)(H,25,26). The lowest BCUT2D eigenvalue weighted by Gasteiger charge is -2.25. The van der Waals surface area contributed by atoms with Gasteiger partial charge in [-0.1, -0.05) is 6.07 Å². The van der Waals surface area contributed by atoms with Crippen molar-refractivity contribution in [1.82, 2.24) is 15.1 Å². The molecule has 0 spiro atoms. The zero-order valence-electron chi connectivity index (χ0n) is 15.7. The molecule has 0 radical (unpaired) electrons. The van der Waals surface area contributed by atoms with Crippen molar-refractivity contribution in [1.29, 1.82) is 0 Å². The molecule has 150 valence electrons. The van der Waals surface area contributed by atoms with Crippen LogP contribution in [0, 0.1) is 5.82 Å². The summed E-state index contributed by atoms with van der Waals surface area (Å²) in [5.74, 6) is -0.813. The first-order chi connectivity index (χ1) is 12.9. The van der Waals surface area contributed by atoms with Crippen molar-refractivity contribution >= 4 is 11.9 Å². The predicted octanol–water partition coefficient (Wildman–Crippen LogP) is 1.19. The fourth-order valence-electron chi connectivity index (χ4n) is 3.25. The molecular weight excluding hydrogens is 353 g/mol. The summed E-state index contributed by atoms with van der Waals surface area (Å²) in [4.78, 5) is 26.9. The molecule has 1 saturated heterocycles. The van der Waals surface area contributed by atoms with Crippen molar-refractivity contribution in [3.8, 4) is 5.75 Å². The largest absolute Gasteiger partial charge is 0.492 e. The Kier molecular flexibility index (Phi) is 8.47. The number of likely N-dealkylation sites (N-methyl/N-ethyl adjacent to an activating group) is 1. The van der Waals surface area contributed by atoms with Crippen LogP contribution in [0.15, 0.2) is 24.3 Å². The molecule has 0 aliphatic carbocycles. The van der Waals surface area contributed by atoms with Crippen LogP contribution < -0.4 is 10.1 Å². The summed E-state index contributed by atoms with van der Waals surface area (Å²) >= 11 is 0. The van der Waals surface area contributed by atoms with E-state index < -0.39 is 5.97 Å². The number of carboxylic acid groups (broad SMARTS) is 1. The summed E-state index contributed by atoms with van der Waals surface area (Å²) in [6.07, 6.45) is 2.72. The lowest BCUT2D eigenvalue weighted by molar-refractivity contribution is -0.138. The normalized spacial score (nSPS) is 18.1. The lowest BCUT2D eigenvalue weighted by Crippen LogP contribution is -2.40. The van der Waals surface area contributed by atoms with Crippen LogP contribution in [0.25, 0.3) is 0 Å². The van der Waals surface area contributed by atoms with E-state index in [1.807, 2.05) is 11.9 Å². The van der Waals surface area contributed by atoms with Crippen molar-refractivity contribution in [2.75, 3.05) is 46.4 Å². The Morgan fingerprint density at radius 2 is 2.19 bits per heavy atom. The van der Waals surface area contributed by atoms with Crippen LogP contribution in [0.2, 0.25) is 0 Å². The number of carboxylic acids is 1. The minimum atomic E-state index is -0.821. The van der Waals surface area contributed by atoms with E-state index in [-0.39, 0.29) is 30.9 Å². The highest BCUT2D eigenvalue weighted by Gasteiger charge is 2.22. The highest BCUT2D eigenvalue weighted by molar-refractivity contribution is 5.78. The minimum Gasteiger partial charge on any atom is -0.492 e. The first-order valence-corrected chi connectivity index (χ1v) is 9.23. The molecule has 2 rings (SSSR count). The van der Waals surface area contributed by atoms with Crippen molar-refractivity contribution in [2.24, 2.45) is 0 Å². The molecule has 2 N–H and O–H groups in total. The first kappa shape index (κ1) is 21.1. The molecule has 0 saturated carbocycles. The molecule has 1 heterocycles. The first-order valence-electron chi connectivity index (χ1n) is 9.23. The number of likely N-dealkylation sites (tertiary alicyclic amines) is 1. The maximum atomic E-state index is 13.1. The number of nitrogens with one attached hydrogen (secondary N) is 1. The van der Waals surface area contributed by atoms with Crippen molar-refractivity contribution < 1.29 is 23.8 Å². The van der Waals surface area contributed by atoms with Crippen molar-refractivity contribution in [3.05, 3.63) is 30.1 Å². The molecule has 1 amide bonds. The van der Waals surface area contributed by atoms with Gasteiger partial charge in [0.2, 0.25) is 5.91 Å². The minimum absolute atomic E-state index is 0.0382. The van der Waals surface area contributed by atoms with Crippen LogP contribution in [-0.2, 0) is 9.59 Å². The van der Waals surface area contributed by atoms with Gasteiger partial charge in [-0.15, -0.1) is 0 Å². The van der Waals surface area contributed by atoms with E-state index in [1.165, 1.54) is 12.1 Å². The molecule has 8 heteroatoms. The zero-order chi connectivity index (χ0) is 19.6. The van der Waals surface area contributed by atoms with Crippen LogP contribution in [0.5, 0.6) is 5.75 Å². The van der Waals surface area contributed by atoms with E-state index in [9.17, 15) is 14.0 Å². The van der Waals surface area contributed by atoms with Crippen LogP contribution in [-0.4, -0.2) is 79.2 Å². The van der Waals surface area contributed by atoms with Crippen LogP contribution in [0.1, 0.15) is 19.3 Å². The Hall–Kier alpha value is -2.19. The van der Waals surface area contributed by atoms with Gasteiger partial charge in [-0.2, -0.15) is 0 Å². The maximum Gasteiger partial charge on any atom is 0.317 e. The molecule has 1 aromatic rings. The van der Waals surface area contributed by atoms with Gasteiger partial charge in [-0.3, -0.25) is 19.4 Å². The molecule has 27 heavy (non-hydrogen) atoms. The van der Waals surface area contributed by atoms with Gasteiger partial charge in [0.15, 0.2) is 0 Å². The van der Waals surface area contributed by atoms with E-state index in [4.69, 9.17) is 9.84 Å². The summed E-state index contributed by atoms with van der Waals surface area (Å²) in [7, 11) is 1.83. The number of carbonyl (C=O) groups excluding carboxylic acids is 1. The number of hydrogen-bond donors (Lipinski definition) is 2. The molecule has 1 atom stereocenters. The lowest BCUT2D eigenvalue weighted by atomic mass is 10.1. The molecule has 0 aromatic heterocycles. The van der Waals surface area contributed by atoms with Gasteiger partial charge >= 0.3 is 5.97 Å². The van der Waals surface area contributed by atoms with E-state index in [1.54, 1.807) is 12.1 Å².